The molecule has 1 aliphatic rings. The average Bonchev–Trinajstić information content (AvgIpc) is 2.59. The van der Waals surface area contributed by atoms with Crippen molar-refractivity contribution in [3.63, 3.8) is 0 Å². The highest BCUT2D eigenvalue weighted by molar-refractivity contribution is 4.78. The van der Waals surface area contributed by atoms with Gasteiger partial charge in [0.25, 0.3) is 0 Å². The Morgan fingerprint density at radius 1 is 1.38 bits per heavy atom. The van der Waals surface area contributed by atoms with Gasteiger partial charge in [0.2, 0.25) is 0 Å². The summed E-state index contributed by atoms with van der Waals surface area (Å²) in [6.45, 7) is 5.77. The average molecular weight is 184 g/mol. The third-order valence-electron chi connectivity index (χ3n) is 3.04. The predicted octanol–water partition coefficient (Wildman–Crippen LogP) is 1.99. The van der Waals surface area contributed by atoms with Gasteiger partial charge in [-0.1, -0.05) is 13.3 Å². The molecule has 0 aromatic carbocycles. The molecule has 1 rings (SSSR count). The molecule has 2 N–H and O–H groups in total. The predicted molar refractivity (Wildman–Crippen MR) is 57.8 cm³/mol. The molecule has 0 aliphatic carbocycles. The maximum Gasteiger partial charge on any atom is 0.00962 e. The van der Waals surface area contributed by atoms with Gasteiger partial charge < -0.3 is 10.6 Å². The number of nitrogens with zero attached hydrogens (tertiary/aromatic N) is 1. The molecule has 0 spiro atoms. The molecule has 13 heavy (non-hydrogen) atoms. The smallest absolute Gasteiger partial charge is 0.00962 e. The zero-order valence-corrected chi connectivity index (χ0v) is 8.97. The van der Waals surface area contributed by atoms with Crippen LogP contribution in [0.3, 0.4) is 0 Å². The first-order valence-electron chi connectivity index (χ1n) is 5.82. The molecule has 0 aromatic rings. The van der Waals surface area contributed by atoms with Gasteiger partial charge in [-0.05, 0) is 51.7 Å². The van der Waals surface area contributed by atoms with Crippen molar-refractivity contribution >= 4 is 0 Å². The molecular formula is C11H24N2. The normalized spacial score (nSPS) is 24.0. The van der Waals surface area contributed by atoms with Crippen molar-refractivity contribution in [2.75, 3.05) is 19.6 Å². The molecule has 2 heteroatoms. The molecule has 1 aliphatic heterocycles. The summed E-state index contributed by atoms with van der Waals surface area (Å²) in [5.41, 5.74) is 5.53. The molecule has 78 valence electrons. The number of unbranched alkanes of at least 4 members (excludes halogenated alkanes) is 1. The van der Waals surface area contributed by atoms with Crippen LogP contribution in [0.15, 0.2) is 0 Å². The lowest BCUT2D eigenvalue weighted by Crippen LogP contribution is -2.30. The molecule has 1 saturated heterocycles. The van der Waals surface area contributed by atoms with E-state index in [1.54, 1.807) is 0 Å². The highest BCUT2D eigenvalue weighted by Gasteiger charge is 2.22. The van der Waals surface area contributed by atoms with Gasteiger partial charge >= 0.3 is 0 Å². The van der Waals surface area contributed by atoms with Gasteiger partial charge in [0, 0.05) is 6.04 Å². The van der Waals surface area contributed by atoms with Crippen LogP contribution in [0.5, 0.6) is 0 Å². The Kier molecular flexibility index (Phi) is 5.40. The largest absolute Gasteiger partial charge is 0.330 e. The van der Waals surface area contributed by atoms with Gasteiger partial charge in [0.05, 0.1) is 0 Å². The van der Waals surface area contributed by atoms with Crippen molar-refractivity contribution in [3.8, 4) is 0 Å². The van der Waals surface area contributed by atoms with Gasteiger partial charge in [-0.15, -0.1) is 0 Å². The third-order valence-corrected chi connectivity index (χ3v) is 3.04. The summed E-state index contributed by atoms with van der Waals surface area (Å²) < 4.78 is 0. The maximum absolute atomic E-state index is 5.53. The van der Waals surface area contributed by atoms with E-state index in [1.807, 2.05) is 0 Å². The standard InChI is InChI=1S/C11H24N2/c1-2-3-9-13-10-5-7-11(13)6-4-8-12/h11H,2-10,12H2,1H3. The fraction of sp³-hybridized carbons (Fsp3) is 1.00. The maximum atomic E-state index is 5.53. The molecule has 0 saturated carbocycles. The molecule has 1 fully saturated rings. The summed E-state index contributed by atoms with van der Waals surface area (Å²) in [6.07, 6.45) is 8.01. The Hall–Kier alpha value is -0.0800. The topological polar surface area (TPSA) is 29.3 Å². The lowest BCUT2D eigenvalue weighted by molar-refractivity contribution is 0.237. The van der Waals surface area contributed by atoms with E-state index in [4.69, 9.17) is 5.73 Å². The number of nitrogens with two attached hydrogens (primary N) is 1. The zero-order valence-electron chi connectivity index (χ0n) is 8.97. The minimum Gasteiger partial charge on any atom is -0.330 e. The van der Waals surface area contributed by atoms with Crippen LogP contribution in [-0.2, 0) is 0 Å². The van der Waals surface area contributed by atoms with Crippen molar-refractivity contribution in [3.05, 3.63) is 0 Å². The summed E-state index contributed by atoms with van der Waals surface area (Å²) in [6, 6.07) is 0.857. The van der Waals surface area contributed by atoms with Gasteiger partial charge in [-0.2, -0.15) is 0 Å². The number of hydrogen-bond donors (Lipinski definition) is 1. The summed E-state index contributed by atoms with van der Waals surface area (Å²) in [4.78, 5) is 2.67. The van der Waals surface area contributed by atoms with Crippen molar-refractivity contribution in [1.29, 1.82) is 0 Å². The molecular weight excluding hydrogens is 160 g/mol. The van der Waals surface area contributed by atoms with Crippen molar-refractivity contribution in [2.24, 2.45) is 5.73 Å². The van der Waals surface area contributed by atoms with Crippen LogP contribution in [-0.4, -0.2) is 30.6 Å². The fourth-order valence-corrected chi connectivity index (χ4v) is 2.23. The van der Waals surface area contributed by atoms with E-state index in [0.29, 0.717) is 0 Å². The fourth-order valence-electron chi connectivity index (χ4n) is 2.23. The Morgan fingerprint density at radius 3 is 2.92 bits per heavy atom. The number of rotatable bonds is 6. The molecule has 0 amide bonds. The summed E-state index contributed by atoms with van der Waals surface area (Å²) in [7, 11) is 0. The van der Waals surface area contributed by atoms with E-state index in [-0.39, 0.29) is 0 Å². The van der Waals surface area contributed by atoms with Crippen molar-refractivity contribution in [1.82, 2.24) is 4.90 Å². The molecule has 1 unspecified atom stereocenters. The first kappa shape index (κ1) is 11.0. The van der Waals surface area contributed by atoms with E-state index in [0.717, 1.165) is 12.6 Å². The summed E-state index contributed by atoms with van der Waals surface area (Å²) in [5.74, 6) is 0. The van der Waals surface area contributed by atoms with Crippen LogP contribution in [0.1, 0.15) is 45.4 Å². The minimum atomic E-state index is 0.857. The van der Waals surface area contributed by atoms with Crippen LogP contribution in [0.4, 0.5) is 0 Å². The molecule has 0 radical (unpaired) electrons. The van der Waals surface area contributed by atoms with Gasteiger partial charge in [0.1, 0.15) is 0 Å². The number of likely N-dealkylation sites (tertiary alicyclic amines) is 1. The first-order valence-corrected chi connectivity index (χ1v) is 5.82. The van der Waals surface area contributed by atoms with Crippen LogP contribution < -0.4 is 5.73 Å². The third kappa shape index (κ3) is 3.65. The number of hydrogen-bond acceptors (Lipinski definition) is 2. The second-order valence-corrected chi connectivity index (χ2v) is 4.12. The molecule has 1 atom stereocenters. The van der Waals surface area contributed by atoms with E-state index < -0.39 is 0 Å². The van der Waals surface area contributed by atoms with Crippen LogP contribution >= 0.6 is 0 Å². The van der Waals surface area contributed by atoms with E-state index in [2.05, 4.69) is 11.8 Å². The lowest BCUT2D eigenvalue weighted by Gasteiger charge is -2.23. The quantitative estimate of drug-likeness (QED) is 0.684. The van der Waals surface area contributed by atoms with Crippen LogP contribution in [0, 0.1) is 0 Å². The SMILES string of the molecule is CCCCN1CCCC1CCCN. The second-order valence-electron chi connectivity index (χ2n) is 4.12. The molecule has 2 nitrogen and oxygen atoms in total. The van der Waals surface area contributed by atoms with Crippen molar-refractivity contribution in [2.45, 2.75) is 51.5 Å². The van der Waals surface area contributed by atoms with Gasteiger partial charge in [0.15, 0.2) is 0 Å². The van der Waals surface area contributed by atoms with Crippen LogP contribution in [0.2, 0.25) is 0 Å². The Balaban J connectivity index is 2.18. The monoisotopic (exact) mass is 184 g/mol. The molecule has 0 bridgehead atoms. The summed E-state index contributed by atoms with van der Waals surface area (Å²) >= 11 is 0. The Morgan fingerprint density at radius 2 is 2.23 bits per heavy atom. The van der Waals surface area contributed by atoms with E-state index >= 15 is 0 Å². The molecule has 1 heterocycles. The van der Waals surface area contributed by atoms with Gasteiger partial charge in [-0.3, -0.25) is 0 Å². The van der Waals surface area contributed by atoms with E-state index in [9.17, 15) is 0 Å². The zero-order chi connectivity index (χ0) is 9.52. The van der Waals surface area contributed by atoms with Gasteiger partial charge in [-0.25, -0.2) is 0 Å². The highest BCUT2D eigenvalue weighted by Crippen LogP contribution is 2.21. The Labute approximate surface area is 82.5 Å². The first-order chi connectivity index (χ1) is 6.38. The lowest BCUT2D eigenvalue weighted by atomic mass is 10.1. The molecule has 0 aromatic heterocycles. The summed E-state index contributed by atoms with van der Waals surface area (Å²) in [5, 5.41) is 0. The second kappa shape index (κ2) is 6.39. The highest BCUT2D eigenvalue weighted by atomic mass is 15.2. The van der Waals surface area contributed by atoms with E-state index in [1.165, 1.54) is 51.6 Å². The Bertz CT molecular complexity index is 111. The van der Waals surface area contributed by atoms with Crippen molar-refractivity contribution < 1.29 is 0 Å². The van der Waals surface area contributed by atoms with Crippen LogP contribution in [0.25, 0.3) is 0 Å². The minimum absolute atomic E-state index is 0.857.